The van der Waals surface area contributed by atoms with E-state index in [-0.39, 0.29) is 23.3 Å². The number of aromatic nitrogens is 2. The number of nitrogens with zero attached hydrogens (tertiary/aromatic N) is 2. The van der Waals surface area contributed by atoms with Crippen molar-refractivity contribution >= 4 is 28.6 Å². The number of hydrogen-bond donors (Lipinski definition) is 1. The molecule has 1 amide bonds. The molecule has 0 aliphatic heterocycles. The van der Waals surface area contributed by atoms with E-state index in [2.05, 4.69) is 5.32 Å². The fourth-order valence-electron chi connectivity index (χ4n) is 3.60. The summed E-state index contributed by atoms with van der Waals surface area (Å²) in [6, 6.07) is 20.6. The third kappa shape index (κ3) is 4.83. The van der Waals surface area contributed by atoms with Gasteiger partial charge in [-0.1, -0.05) is 54.2 Å². The van der Waals surface area contributed by atoms with E-state index in [0.29, 0.717) is 16.1 Å². The van der Waals surface area contributed by atoms with Crippen molar-refractivity contribution in [2.45, 2.75) is 37.2 Å². The average Bonchev–Trinajstić information content (AvgIpc) is 2.80. The van der Waals surface area contributed by atoms with Gasteiger partial charge in [0.05, 0.1) is 27.9 Å². The molecule has 0 bridgehead atoms. The molecule has 2 unspecified atom stereocenters. The van der Waals surface area contributed by atoms with Crippen LogP contribution in [0, 0.1) is 12.7 Å². The molecule has 1 N–H and O–H groups in total. The monoisotopic (exact) mass is 461 g/mol. The first-order valence-corrected chi connectivity index (χ1v) is 11.5. The molecule has 0 radical (unpaired) electrons. The first-order chi connectivity index (χ1) is 15.8. The SMILES string of the molecule is Cc1ccccc1-n1c(SC(C)C(=O)NC(C)c2ccc(F)cc2)nc2ccccc2c1=O. The van der Waals surface area contributed by atoms with E-state index in [1.54, 1.807) is 35.8 Å². The zero-order valence-corrected chi connectivity index (χ0v) is 19.4. The Labute approximate surface area is 195 Å². The van der Waals surface area contributed by atoms with Crippen LogP contribution in [0.15, 0.2) is 82.7 Å². The van der Waals surface area contributed by atoms with E-state index >= 15 is 0 Å². The molecule has 1 aromatic heterocycles. The number of carbonyl (C=O) groups excluding carboxylic acids is 1. The van der Waals surface area contributed by atoms with Crippen LogP contribution in [0.2, 0.25) is 0 Å². The van der Waals surface area contributed by atoms with Crippen molar-refractivity contribution in [3.05, 3.63) is 100 Å². The Kier molecular flexibility index (Phi) is 6.60. The van der Waals surface area contributed by atoms with Gasteiger partial charge in [-0.15, -0.1) is 0 Å². The lowest BCUT2D eigenvalue weighted by atomic mass is 10.1. The van der Waals surface area contributed by atoms with Crippen molar-refractivity contribution in [2.75, 3.05) is 0 Å². The highest BCUT2D eigenvalue weighted by Gasteiger charge is 2.22. The summed E-state index contributed by atoms with van der Waals surface area (Å²) in [5.74, 6) is -0.520. The standard InChI is InChI=1S/C26H24FN3O2S/c1-16-8-4-7-11-23(16)30-25(32)21-9-5-6-10-22(21)29-26(30)33-18(3)24(31)28-17(2)19-12-14-20(27)15-13-19/h4-15,17-18H,1-3H3,(H,28,31). The zero-order chi connectivity index (χ0) is 23.5. The van der Waals surface area contributed by atoms with Crippen molar-refractivity contribution in [3.63, 3.8) is 0 Å². The fraction of sp³-hybridized carbons (Fsp3) is 0.192. The Bertz CT molecular complexity index is 1370. The highest BCUT2D eigenvalue weighted by molar-refractivity contribution is 8.00. The lowest BCUT2D eigenvalue weighted by Gasteiger charge is -2.20. The van der Waals surface area contributed by atoms with Gasteiger partial charge in [-0.25, -0.2) is 9.37 Å². The quantitative estimate of drug-likeness (QED) is 0.317. The molecule has 0 saturated carbocycles. The molecule has 0 aliphatic carbocycles. The number of aryl methyl sites for hydroxylation is 1. The van der Waals surface area contributed by atoms with E-state index in [0.717, 1.165) is 16.8 Å². The van der Waals surface area contributed by atoms with Gasteiger partial charge in [-0.2, -0.15) is 0 Å². The maximum Gasteiger partial charge on any atom is 0.266 e. The Balaban J connectivity index is 1.67. The molecule has 0 saturated heterocycles. The van der Waals surface area contributed by atoms with Crippen molar-refractivity contribution in [1.82, 2.24) is 14.9 Å². The number of benzene rings is 3. The average molecular weight is 462 g/mol. The Morgan fingerprint density at radius 1 is 1.00 bits per heavy atom. The first kappa shape index (κ1) is 22.7. The minimum absolute atomic E-state index is 0.176. The number of para-hydroxylation sites is 2. The van der Waals surface area contributed by atoms with Crippen LogP contribution in [0.4, 0.5) is 4.39 Å². The van der Waals surface area contributed by atoms with Crippen molar-refractivity contribution in [1.29, 1.82) is 0 Å². The molecular weight excluding hydrogens is 437 g/mol. The van der Waals surface area contributed by atoms with Crippen molar-refractivity contribution < 1.29 is 9.18 Å². The van der Waals surface area contributed by atoms with Crippen LogP contribution in [-0.2, 0) is 4.79 Å². The molecule has 4 aromatic rings. The van der Waals surface area contributed by atoms with Crippen LogP contribution in [-0.4, -0.2) is 20.7 Å². The second-order valence-corrected chi connectivity index (χ2v) is 9.19. The van der Waals surface area contributed by atoms with Gasteiger partial charge in [0.15, 0.2) is 5.16 Å². The van der Waals surface area contributed by atoms with Crippen LogP contribution in [0.1, 0.15) is 31.0 Å². The number of amides is 1. The largest absolute Gasteiger partial charge is 0.349 e. The van der Waals surface area contributed by atoms with Crippen LogP contribution in [0.5, 0.6) is 0 Å². The lowest BCUT2D eigenvalue weighted by molar-refractivity contribution is -0.120. The lowest BCUT2D eigenvalue weighted by Crippen LogP contribution is -2.33. The third-order valence-corrected chi connectivity index (χ3v) is 6.53. The summed E-state index contributed by atoms with van der Waals surface area (Å²) in [5.41, 5.74) is 2.88. The molecule has 0 fully saturated rings. The van der Waals surface area contributed by atoms with Crippen LogP contribution >= 0.6 is 11.8 Å². The minimum atomic E-state index is -0.517. The molecule has 2 atom stereocenters. The number of carbonyl (C=O) groups is 1. The van der Waals surface area contributed by atoms with E-state index in [4.69, 9.17) is 4.98 Å². The smallest absolute Gasteiger partial charge is 0.266 e. The molecule has 3 aromatic carbocycles. The Hall–Kier alpha value is -3.45. The van der Waals surface area contributed by atoms with Crippen LogP contribution in [0.25, 0.3) is 16.6 Å². The van der Waals surface area contributed by atoms with Crippen LogP contribution < -0.4 is 10.9 Å². The molecule has 0 spiro atoms. The Morgan fingerprint density at radius 3 is 2.39 bits per heavy atom. The Morgan fingerprint density at radius 2 is 1.67 bits per heavy atom. The summed E-state index contributed by atoms with van der Waals surface area (Å²) in [6.07, 6.45) is 0. The summed E-state index contributed by atoms with van der Waals surface area (Å²) in [5, 5.41) is 3.41. The van der Waals surface area contributed by atoms with Crippen LogP contribution in [0.3, 0.4) is 0 Å². The number of thioether (sulfide) groups is 1. The van der Waals surface area contributed by atoms with E-state index in [1.165, 1.54) is 23.9 Å². The van der Waals surface area contributed by atoms with E-state index in [1.807, 2.05) is 50.2 Å². The number of fused-ring (bicyclic) bond motifs is 1. The van der Waals surface area contributed by atoms with Gasteiger partial charge in [0.25, 0.3) is 5.56 Å². The van der Waals surface area contributed by atoms with Crippen molar-refractivity contribution in [2.24, 2.45) is 0 Å². The molecule has 1 heterocycles. The molecule has 4 rings (SSSR count). The molecular formula is C26H24FN3O2S. The number of halogens is 1. The fourth-order valence-corrected chi connectivity index (χ4v) is 4.52. The number of hydrogen-bond acceptors (Lipinski definition) is 4. The zero-order valence-electron chi connectivity index (χ0n) is 18.6. The summed E-state index contributed by atoms with van der Waals surface area (Å²) >= 11 is 1.23. The predicted molar refractivity (Wildman–Crippen MR) is 130 cm³/mol. The predicted octanol–water partition coefficient (Wildman–Crippen LogP) is 5.19. The summed E-state index contributed by atoms with van der Waals surface area (Å²) in [4.78, 5) is 31.1. The maximum absolute atomic E-state index is 13.4. The highest BCUT2D eigenvalue weighted by atomic mass is 32.2. The topological polar surface area (TPSA) is 64.0 Å². The first-order valence-electron chi connectivity index (χ1n) is 10.7. The van der Waals surface area contributed by atoms with Gasteiger partial charge in [-0.05, 0) is 62.2 Å². The van der Waals surface area contributed by atoms with Gasteiger partial charge < -0.3 is 5.32 Å². The number of nitrogens with one attached hydrogen (secondary N) is 1. The minimum Gasteiger partial charge on any atom is -0.349 e. The maximum atomic E-state index is 13.4. The van der Waals surface area contributed by atoms with E-state index in [9.17, 15) is 14.0 Å². The molecule has 33 heavy (non-hydrogen) atoms. The molecule has 168 valence electrons. The van der Waals surface area contributed by atoms with Gasteiger partial charge in [0.1, 0.15) is 5.82 Å². The summed E-state index contributed by atoms with van der Waals surface area (Å²) in [7, 11) is 0. The third-order valence-electron chi connectivity index (χ3n) is 5.48. The van der Waals surface area contributed by atoms with Gasteiger partial charge in [0, 0.05) is 0 Å². The second-order valence-electron chi connectivity index (χ2n) is 7.88. The molecule has 7 heteroatoms. The van der Waals surface area contributed by atoms with Crippen molar-refractivity contribution in [3.8, 4) is 5.69 Å². The summed E-state index contributed by atoms with van der Waals surface area (Å²) in [6.45, 7) is 5.56. The second kappa shape index (κ2) is 9.58. The normalized spacial score (nSPS) is 13.0. The van der Waals surface area contributed by atoms with E-state index < -0.39 is 5.25 Å². The number of rotatable bonds is 6. The van der Waals surface area contributed by atoms with Gasteiger partial charge in [-0.3, -0.25) is 14.2 Å². The van der Waals surface area contributed by atoms with Gasteiger partial charge >= 0.3 is 0 Å². The molecule has 5 nitrogen and oxygen atoms in total. The highest BCUT2D eigenvalue weighted by Crippen LogP contribution is 2.27. The molecule has 0 aliphatic rings. The van der Waals surface area contributed by atoms with Gasteiger partial charge in [0.2, 0.25) is 5.91 Å². The summed E-state index contributed by atoms with van der Waals surface area (Å²) < 4.78 is 14.8.